The van der Waals surface area contributed by atoms with Crippen LogP contribution in [0.2, 0.25) is 0 Å². The van der Waals surface area contributed by atoms with Gasteiger partial charge in [-0.2, -0.15) is 0 Å². The smallest absolute Gasteiger partial charge is 0.144 e. The van der Waals surface area contributed by atoms with Crippen molar-refractivity contribution in [2.45, 2.75) is 0 Å². The van der Waals surface area contributed by atoms with Gasteiger partial charge in [-0.1, -0.05) is 0 Å². The van der Waals surface area contributed by atoms with Crippen LogP contribution in [-0.2, 0) is 7.05 Å². The molecule has 0 saturated heterocycles. The van der Waals surface area contributed by atoms with E-state index >= 15 is 0 Å². The molecular weight excluding hydrogens is 230 g/mol. The average molecular weight is 241 g/mol. The molecule has 3 aromatic rings. The number of aromatic nitrogens is 3. The van der Waals surface area contributed by atoms with Crippen LogP contribution in [0.5, 0.6) is 11.5 Å². The minimum absolute atomic E-state index is 0.0826. The van der Waals surface area contributed by atoms with E-state index in [-0.39, 0.29) is 11.5 Å². The van der Waals surface area contributed by atoms with Crippen LogP contribution in [0.4, 0.5) is 0 Å². The topological polar surface area (TPSA) is 71.2 Å². The molecule has 0 spiro atoms. The number of pyridine rings is 1. The molecule has 0 unspecified atom stereocenters. The van der Waals surface area contributed by atoms with Gasteiger partial charge < -0.3 is 14.8 Å². The van der Waals surface area contributed by atoms with E-state index in [0.29, 0.717) is 11.4 Å². The van der Waals surface area contributed by atoms with Gasteiger partial charge in [-0.3, -0.25) is 4.98 Å². The van der Waals surface area contributed by atoms with Crippen molar-refractivity contribution in [3.63, 3.8) is 0 Å². The van der Waals surface area contributed by atoms with Gasteiger partial charge in [-0.15, -0.1) is 0 Å². The second-order valence-electron chi connectivity index (χ2n) is 4.06. The normalized spacial score (nSPS) is 10.9. The average Bonchev–Trinajstić information content (AvgIpc) is 2.71. The SMILES string of the molecule is Cn1c(-c2cc(O)ccc2O)nc2cnccc21. The van der Waals surface area contributed by atoms with Crippen LogP contribution in [0, 0.1) is 0 Å². The van der Waals surface area contributed by atoms with Crippen molar-refractivity contribution in [1.29, 1.82) is 0 Å². The lowest BCUT2D eigenvalue weighted by molar-refractivity contribution is 0.461. The third-order valence-electron chi connectivity index (χ3n) is 2.90. The molecule has 3 rings (SSSR count). The van der Waals surface area contributed by atoms with Gasteiger partial charge >= 0.3 is 0 Å². The molecule has 0 fully saturated rings. The first-order valence-corrected chi connectivity index (χ1v) is 5.45. The number of aryl methyl sites for hydroxylation is 1. The maximum absolute atomic E-state index is 9.86. The maximum atomic E-state index is 9.86. The number of nitrogens with zero attached hydrogens (tertiary/aromatic N) is 3. The number of benzene rings is 1. The zero-order valence-corrected chi connectivity index (χ0v) is 9.70. The Labute approximate surface area is 103 Å². The highest BCUT2D eigenvalue weighted by atomic mass is 16.3. The molecule has 5 nitrogen and oxygen atoms in total. The molecule has 90 valence electrons. The van der Waals surface area contributed by atoms with Crippen molar-refractivity contribution in [2.24, 2.45) is 7.05 Å². The Morgan fingerprint density at radius 2 is 2.00 bits per heavy atom. The Hall–Kier alpha value is -2.56. The van der Waals surface area contributed by atoms with Crippen molar-refractivity contribution in [3.8, 4) is 22.9 Å². The molecule has 18 heavy (non-hydrogen) atoms. The minimum Gasteiger partial charge on any atom is -0.508 e. The summed E-state index contributed by atoms with van der Waals surface area (Å²) in [6.45, 7) is 0. The fourth-order valence-corrected chi connectivity index (χ4v) is 2.00. The van der Waals surface area contributed by atoms with Crippen molar-refractivity contribution in [1.82, 2.24) is 14.5 Å². The van der Waals surface area contributed by atoms with Crippen molar-refractivity contribution in [3.05, 3.63) is 36.7 Å². The molecule has 2 aromatic heterocycles. The Balaban J connectivity index is 2.31. The summed E-state index contributed by atoms with van der Waals surface area (Å²) >= 11 is 0. The number of aromatic hydroxyl groups is 2. The molecule has 0 amide bonds. The molecule has 0 aliphatic rings. The molecule has 1 aromatic carbocycles. The van der Waals surface area contributed by atoms with Crippen molar-refractivity contribution < 1.29 is 10.2 Å². The molecule has 0 saturated carbocycles. The molecule has 0 aliphatic carbocycles. The van der Waals surface area contributed by atoms with Crippen LogP contribution >= 0.6 is 0 Å². The van der Waals surface area contributed by atoms with Gasteiger partial charge in [0.05, 0.1) is 17.3 Å². The van der Waals surface area contributed by atoms with E-state index in [1.807, 2.05) is 17.7 Å². The van der Waals surface area contributed by atoms with Gasteiger partial charge in [0.15, 0.2) is 0 Å². The zero-order valence-electron chi connectivity index (χ0n) is 9.70. The van der Waals surface area contributed by atoms with E-state index < -0.39 is 0 Å². The summed E-state index contributed by atoms with van der Waals surface area (Å²) in [6, 6.07) is 6.22. The lowest BCUT2D eigenvalue weighted by Gasteiger charge is -2.05. The van der Waals surface area contributed by atoms with E-state index in [0.717, 1.165) is 11.0 Å². The van der Waals surface area contributed by atoms with E-state index in [1.165, 1.54) is 18.2 Å². The second kappa shape index (κ2) is 3.73. The fourth-order valence-electron chi connectivity index (χ4n) is 2.00. The van der Waals surface area contributed by atoms with E-state index in [2.05, 4.69) is 9.97 Å². The Bertz CT molecular complexity index is 734. The summed E-state index contributed by atoms with van der Waals surface area (Å²) in [7, 11) is 1.86. The van der Waals surface area contributed by atoms with Gasteiger partial charge in [-0.25, -0.2) is 4.98 Å². The van der Waals surface area contributed by atoms with Gasteiger partial charge in [0, 0.05) is 13.2 Å². The molecule has 2 heterocycles. The largest absolute Gasteiger partial charge is 0.508 e. The number of phenols is 2. The zero-order chi connectivity index (χ0) is 12.7. The fraction of sp³-hybridized carbons (Fsp3) is 0.0769. The second-order valence-corrected chi connectivity index (χ2v) is 4.06. The van der Waals surface area contributed by atoms with Gasteiger partial charge in [0.25, 0.3) is 0 Å². The highest BCUT2D eigenvalue weighted by Crippen LogP contribution is 2.32. The Kier molecular flexibility index (Phi) is 2.19. The lowest BCUT2D eigenvalue weighted by Crippen LogP contribution is -1.92. The number of hydrogen-bond acceptors (Lipinski definition) is 4. The first-order valence-electron chi connectivity index (χ1n) is 5.45. The first kappa shape index (κ1) is 10.6. The maximum Gasteiger partial charge on any atom is 0.144 e. The summed E-state index contributed by atoms with van der Waals surface area (Å²) < 4.78 is 1.85. The van der Waals surface area contributed by atoms with Gasteiger partial charge in [-0.05, 0) is 24.3 Å². The van der Waals surface area contributed by atoms with E-state index in [9.17, 15) is 10.2 Å². The summed E-state index contributed by atoms with van der Waals surface area (Å²) in [5.74, 6) is 0.763. The third-order valence-corrected chi connectivity index (χ3v) is 2.90. The molecule has 5 heteroatoms. The highest BCUT2D eigenvalue weighted by molar-refractivity contribution is 5.81. The first-order chi connectivity index (χ1) is 8.66. The third kappa shape index (κ3) is 1.48. The van der Waals surface area contributed by atoms with Crippen LogP contribution in [-0.4, -0.2) is 24.7 Å². The van der Waals surface area contributed by atoms with Crippen LogP contribution < -0.4 is 0 Å². The molecule has 2 N–H and O–H groups in total. The van der Waals surface area contributed by atoms with Crippen molar-refractivity contribution >= 4 is 11.0 Å². The number of imidazole rings is 1. The summed E-state index contributed by atoms with van der Waals surface area (Å²) in [5, 5.41) is 19.4. The van der Waals surface area contributed by atoms with Crippen molar-refractivity contribution in [2.75, 3.05) is 0 Å². The molecule has 0 aliphatic heterocycles. The number of phenolic OH excluding ortho intramolecular Hbond substituents is 2. The molecule has 0 atom stereocenters. The van der Waals surface area contributed by atoms with Gasteiger partial charge in [0.2, 0.25) is 0 Å². The molecule has 0 radical (unpaired) electrons. The van der Waals surface area contributed by atoms with E-state index in [4.69, 9.17) is 0 Å². The summed E-state index contributed by atoms with van der Waals surface area (Å²) in [6.07, 6.45) is 3.36. The van der Waals surface area contributed by atoms with Crippen LogP contribution in [0.1, 0.15) is 0 Å². The number of rotatable bonds is 1. The van der Waals surface area contributed by atoms with Crippen LogP contribution in [0.15, 0.2) is 36.7 Å². The molecular formula is C13H11N3O2. The number of hydrogen-bond donors (Lipinski definition) is 2. The Morgan fingerprint density at radius 1 is 1.17 bits per heavy atom. The highest BCUT2D eigenvalue weighted by Gasteiger charge is 2.13. The van der Waals surface area contributed by atoms with Gasteiger partial charge in [0.1, 0.15) is 22.8 Å². The lowest BCUT2D eigenvalue weighted by atomic mass is 10.2. The summed E-state index contributed by atoms with van der Waals surface area (Å²) in [4.78, 5) is 8.43. The Morgan fingerprint density at radius 3 is 2.78 bits per heavy atom. The quantitative estimate of drug-likeness (QED) is 0.639. The van der Waals surface area contributed by atoms with Crippen LogP contribution in [0.3, 0.4) is 0 Å². The summed E-state index contributed by atoms with van der Waals surface area (Å²) in [5.41, 5.74) is 2.16. The predicted molar refractivity (Wildman–Crippen MR) is 67.3 cm³/mol. The monoisotopic (exact) mass is 241 g/mol. The predicted octanol–water partition coefficient (Wildman–Crippen LogP) is 2.05. The van der Waals surface area contributed by atoms with E-state index in [1.54, 1.807) is 12.4 Å². The number of fused-ring (bicyclic) bond motifs is 1. The standard InChI is InChI=1S/C13H11N3O2/c1-16-11-4-5-14-7-10(11)15-13(16)9-6-8(17)2-3-12(9)18/h2-7,17-18H,1H3. The van der Waals surface area contributed by atoms with Crippen LogP contribution in [0.25, 0.3) is 22.4 Å². The minimum atomic E-state index is 0.0826. The molecule has 0 bridgehead atoms.